The van der Waals surface area contributed by atoms with Crippen molar-refractivity contribution < 1.29 is 4.79 Å². The van der Waals surface area contributed by atoms with Gasteiger partial charge in [-0.3, -0.25) is 4.79 Å². The van der Waals surface area contributed by atoms with Gasteiger partial charge in [0.15, 0.2) is 0 Å². The molecule has 2 fully saturated rings. The molecule has 1 N–H and O–H groups in total. The number of hydrogen-bond donors (Lipinski definition) is 1. The Morgan fingerprint density at radius 3 is 2.74 bits per heavy atom. The summed E-state index contributed by atoms with van der Waals surface area (Å²) in [6.45, 7) is 2.18. The van der Waals surface area contributed by atoms with E-state index in [0.29, 0.717) is 12.0 Å². The van der Waals surface area contributed by atoms with Gasteiger partial charge < -0.3 is 5.32 Å². The molecule has 0 aliphatic heterocycles. The third-order valence-corrected chi connectivity index (χ3v) is 5.85. The number of fused-ring (bicyclic) bond motifs is 2. The first kappa shape index (κ1) is 13.4. The molecule has 0 spiro atoms. The highest BCUT2D eigenvalue weighted by atomic mass is 127. The summed E-state index contributed by atoms with van der Waals surface area (Å²) < 4.78 is 1.03. The molecule has 1 amide bonds. The number of hydrogen-bond acceptors (Lipinski definition) is 1. The highest BCUT2D eigenvalue weighted by Crippen LogP contribution is 2.49. The Morgan fingerprint density at radius 1 is 1.32 bits per heavy atom. The summed E-state index contributed by atoms with van der Waals surface area (Å²) >= 11 is 2.23. The van der Waals surface area contributed by atoms with Gasteiger partial charge in [0.1, 0.15) is 0 Å². The highest BCUT2D eigenvalue weighted by Gasteiger charge is 2.42. The lowest BCUT2D eigenvalue weighted by Crippen LogP contribution is -2.40. The van der Waals surface area contributed by atoms with Crippen LogP contribution in [0.5, 0.6) is 0 Å². The number of carbonyl (C=O) groups excluding carboxylic acids is 1. The van der Waals surface area contributed by atoms with Gasteiger partial charge in [0.2, 0.25) is 0 Å². The Bertz CT molecular complexity index is 487. The summed E-state index contributed by atoms with van der Waals surface area (Å²) in [5.74, 6) is 2.57. The first-order chi connectivity index (χ1) is 9.15. The van der Waals surface area contributed by atoms with E-state index >= 15 is 0 Å². The van der Waals surface area contributed by atoms with E-state index in [-0.39, 0.29) is 5.91 Å². The zero-order valence-corrected chi connectivity index (χ0v) is 13.4. The molecule has 102 valence electrons. The van der Waals surface area contributed by atoms with Crippen LogP contribution in [-0.2, 0) is 0 Å². The molecule has 2 bridgehead atoms. The SMILES string of the molecule is C[C@@H](NC(=O)c1ccccc1I)[C@@H]1C[C@H]2CC[C@H]1C2. The van der Waals surface area contributed by atoms with Gasteiger partial charge >= 0.3 is 0 Å². The van der Waals surface area contributed by atoms with E-state index < -0.39 is 0 Å². The minimum Gasteiger partial charge on any atom is -0.349 e. The summed E-state index contributed by atoms with van der Waals surface area (Å²) in [6, 6.07) is 8.10. The molecule has 0 unspecified atom stereocenters. The van der Waals surface area contributed by atoms with E-state index in [4.69, 9.17) is 0 Å². The van der Waals surface area contributed by atoms with Crippen LogP contribution in [-0.4, -0.2) is 11.9 Å². The largest absolute Gasteiger partial charge is 0.349 e. The van der Waals surface area contributed by atoms with Gasteiger partial charge in [0.25, 0.3) is 5.91 Å². The number of rotatable bonds is 3. The average Bonchev–Trinajstić information content (AvgIpc) is 3.01. The van der Waals surface area contributed by atoms with Gasteiger partial charge in [-0.2, -0.15) is 0 Å². The molecule has 2 saturated carbocycles. The van der Waals surface area contributed by atoms with Crippen LogP contribution in [0.15, 0.2) is 24.3 Å². The molecular formula is C16H20INO. The van der Waals surface area contributed by atoms with Crippen molar-refractivity contribution in [1.29, 1.82) is 0 Å². The maximum Gasteiger partial charge on any atom is 0.252 e. The van der Waals surface area contributed by atoms with Gasteiger partial charge in [-0.05, 0) is 78.7 Å². The standard InChI is InChI=1S/C16H20INO/c1-10(14-9-11-6-7-12(14)8-11)18-16(19)13-4-2-3-5-15(13)17/h2-5,10-12,14H,6-9H2,1H3,(H,18,19)/t10-,11+,12+,14+/m1/s1. The van der Waals surface area contributed by atoms with Gasteiger partial charge in [-0.1, -0.05) is 18.6 Å². The lowest BCUT2D eigenvalue weighted by Gasteiger charge is -2.28. The Hall–Kier alpha value is -0.580. The maximum absolute atomic E-state index is 12.3. The summed E-state index contributed by atoms with van der Waals surface area (Å²) in [6.07, 6.45) is 5.50. The zero-order valence-electron chi connectivity index (χ0n) is 11.2. The van der Waals surface area contributed by atoms with Crippen LogP contribution in [0.1, 0.15) is 43.0 Å². The monoisotopic (exact) mass is 369 g/mol. The molecule has 3 rings (SSSR count). The predicted molar refractivity (Wildman–Crippen MR) is 85.0 cm³/mol. The fraction of sp³-hybridized carbons (Fsp3) is 0.562. The van der Waals surface area contributed by atoms with E-state index in [9.17, 15) is 4.79 Å². The third kappa shape index (κ3) is 2.67. The Labute approximate surface area is 128 Å². The molecule has 2 aliphatic rings. The minimum atomic E-state index is 0.0836. The molecule has 0 heterocycles. The van der Waals surface area contributed by atoms with E-state index in [2.05, 4.69) is 34.8 Å². The van der Waals surface area contributed by atoms with Crippen molar-refractivity contribution in [3.63, 3.8) is 0 Å². The lowest BCUT2D eigenvalue weighted by atomic mass is 9.84. The van der Waals surface area contributed by atoms with Crippen molar-refractivity contribution in [1.82, 2.24) is 5.32 Å². The van der Waals surface area contributed by atoms with Crippen molar-refractivity contribution in [2.75, 3.05) is 0 Å². The molecule has 2 aliphatic carbocycles. The Balaban J connectivity index is 1.65. The van der Waals surface area contributed by atoms with Crippen LogP contribution < -0.4 is 5.32 Å². The van der Waals surface area contributed by atoms with Crippen LogP contribution in [0.25, 0.3) is 0 Å². The van der Waals surface area contributed by atoms with Crippen molar-refractivity contribution >= 4 is 28.5 Å². The predicted octanol–water partition coefficient (Wildman–Crippen LogP) is 3.85. The number of benzene rings is 1. The highest BCUT2D eigenvalue weighted by molar-refractivity contribution is 14.1. The van der Waals surface area contributed by atoms with Crippen LogP contribution in [0.4, 0.5) is 0 Å². The average molecular weight is 369 g/mol. The Morgan fingerprint density at radius 2 is 2.11 bits per heavy atom. The van der Waals surface area contributed by atoms with E-state index in [0.717, 1.165) is 21.0 Å². The Kier molecular flexibility index (Phi) is 3.83. The van der Waals surface area contributed by atoms with Crippen molar-refractivity contribution in [2.45, 2.75) is 38.6 Å². The number of amides is 1. The van der Waals surface area contributed by atoms with Crippen LogP contribution in [0.2, 0.25) is 0 Å². The van der Waals surface area contributed by atoms with Gasteiger partial charge in [0, 0.05) is 9.61 Å². The molecule has 1 aromatic rings. The zero-order chi connectivity index (χ0) is 13.4. The summed E-state index contributed by atoms with van der Waals surface area (Å²) in [5.41, 5.74) is 0.804. The molecule has 0 saturated heterocycles. The molecule has 0 radical (unpaired) electrons. The quantitative estimate of drug-likeness (QED) is 0.806. The van der Waals surface area contributed by atoms with Gasteiger partial charge in [0.05, 0.1) is 5.56 Å². The summed E-state index contributed by atoms with van der Waals surface area (Å²) in [4.78, 5) is 12.3. The topological polar surface area (TPSA) is 29.1 Å². The first-order valence-electron chi connectivity index (χ1n) is 7.20. The normalized spacial score (nSPS) is 30.3. The minimum absolute atomic E-state index is 0.0836. The van der Waals surface area contributed by atoms with E-state index in [1.165, 1.54) is 25.7 Å². The van der Waals surface area contributed by atoms with Crippen LogP contribution in [0.3, 0.4) is 0 Å². The van der Waals surface area contributed by atoms with Gasteiger partial charge in [-0.15, -0.1) is 0 Å². The number of halogens is 1. The second kappa shape index (κ2) is 5.43. The molecule has 3 heteroatoms. The maximum atomic E-state index is 12.3. The fourth-order valence-corrected chi connectivity index (χ4v) is 4.58. The molecule has 1 aromatic carbocycles. The van der Waals surface area contributed by atoms with Crippen molar-refractivity contribution in [3.05, 3.63) is 33.4 Å². The molecular weight excluding hydrogens is 349 g/mol. The molecule has 4 atom stereocenters. The third-order valence-electron chi connectivity index (χ3n) is 4.91. The second-order valence-electron chi connectivity index (χ2n) is 6.08. The number of nitrogens with one attached hydrogen (secondary N) is 1. The first-order valence-corrected chi connectivity index (χ1v) is 8.28. The molecule has 19 heavy (non-hydrogen) atoms. The molecule has 0 aromatic heterocycles. The molecule has 2 nitrogen and oxygen atoms in total. The van der Waals surface area contributed by atoms with Crippen LogP contribution >= 0.6 is 22.6 Å². The van der Waals surface area contributed by atoms with Gasteiger partial charge in [-0.25, -0.2) is 0 Å². The second-order valence-corrected chi connectivity index (χ2v) is 7.24. The van der Waals surface area contributed by atoms with Crippen molar-refractivity contribution in [2.24, 2.45) is 17.8 Å². The van der Waals surface area contributed by atoms with Crippen LogP contribution in [0, 0.1) is 21.3 Å². The number of carbonyl (C=O) groups is 1. The summed E-state index contributed by atoms with van der Waals surface area (Å²) in [5, 5.41) is 3.22. The van der Waals surface area contributed by atoms with E-state index in [1.807, 2.05) is 24.3 Å². The smallest absolute Gasteiger partial charge is 0.252 e. The lowest BCUT2D eigenvalue weighted by molar-refractivity contribution is 0.0914. The summed E-state index contributed by atoms with van der Waals surface area (Å²) in [7, 11) is 0. The van der Waals surface area contributed by atoms with Crippen molar-refractivity contribution in [3.8, 4) is 0 Å². The van der Waals surface area contributed by atoms with E-state index in [1.54, 1.807) is 0 Å². The fourth-order valence-electron chi connectivity index (χ4n) is 3.94.